The van der Waals surface area contributed by atoms with Crippen LogP contribution >= 0.6 is 0 Å². The molecule has 0 aliphatic carbocycles. The number of halogens is 1. The van der Waals surface area contributed by atoms with Crippen molar-refractivity contribution >= 4 is 16.8 Å². The summed E-state index contributed by atoms with van der Waals surface area (Å²) in [6.45, 7) is 0.234. The van der Waals surface area contributed by atoms with E-state index in [0.717, 1.165) is 10.9 Å². The van der Waals surface area contributed by atoms with Gasteiger partial charge in [0.1, 0.15) is 17.3 Å². The molecule has 0 fully saturated rings. The molecule has 1 aromatic heterocycles. The second-order valence-electron chi connectivity index (χ2n) is 5.63. The number of carbonyl (C=O) groups is 1. The number of aromatic amines is 1. The highest BCUT2D eigenvalue weighted by Crippen LogP contribution is 2.21. The highest BCUT2D eigenvalue weighted by atomic mass is 19.1. The maximum Gasteiger partial charge on any atom is 0.267 e. The smallest absolute Gasteiger partial charge is 0.267 e. The van der Waals surface area contributed by atoms with Gasteiger partial charge in [0.2, 0.25) is 0 Å². The maximum atomic E-state index is 13.3. The van der Waals surface area contributed by atoms with Gasteiger partial charge in [-0.1, -0.05) is 12.1 Å². The topological polar surface area (TPSA) is 63.4 Å². The van der Waals surface area contributed by atoms with Gasteiger partial charge in [-0.2, -0.15) is 0 Å². The monoisotopic (exact) mass is 342 g/mol. The number of rotatable bonds is 6. The summed E-state index contributed by atoms with van der Waals surface area (Å²) >= 11 is 0. The van der Waals surface area contributed by atoms with E-state index in [4.69, 9.17) is 9.47 Å². The number of hydrogen-bond donors (Lipinski definition) is 2. The van der Waals surface area contributed by atoms with Crippen molar-refractivity contribution in [1.29, 1.82) is 0 Å². The molecule has 0 saturated heterocycles. The Kier molecular flexibility index (Phi) is 5.00. The van der Waals surface area contributed by atoms with Gasteiger partial charge in [0, 0.05) is 30.6 Å². The Morgan fingerprint density at radius 1 is 1.20 bits per heavy atom. The number of H-pyrrole nitrogens is 1. The zero-order valence-electron chi connectivity index (χ0n) is 14.0. The van der Waals surface area contributed by atoms with Gasteiger partial charge in [-0.15, -0.1) is 0 Å². The van der Waals surface area contributed by atoms with Crippen molar-refractivity contribution < 1.29 is 18.7 Å². The molecule has 2 N–H and O–H groups in total. The summed E-state index contributed by atoms with van der Waals surface area (Å²) in [6, 6.07) is 13.5. The van der Waals surface area contributed by atoms with Crippen molar-refractivity contribution in [3.63, 3.8) is 0 Å². The second-order valence-corrected chi connectivity index (χ2v) is 5.63. The molecular formula is C19H19FN2O3. The highest BCUT2D eigenvalue weighted by molar-refractivity contribution is 5.98. The fourth-order valence-electron chi connectivity index (χ4n) is 2.68. The number of methoxy groups -OCH3 is 2. The molecule has 6 heteroatoms. The second kappa shape index (κ2) is 7.36. The van der Waals surface area contributed by atoms with Crippen LogP contribution in [0.4, 0.5) is 4.39 Å². The molecule has 0 aliphatic rings. The molecule has 3 rings (SSSR count). The summed E-state index contributed by atoms with van der Waals surface area (Å²) in [4.78, 5) is 15.5. The van der Waals surface area contributed by atoms with E-state index in [1.807, 2.05) is 18.2 Å². The summed E-state index contributed by atoms with van der Waals surface area (Å²) in [5, 5.41) is 3.72. The fourth-order valence-corrected chi connectivity index (χ4v) is 2.68. The van der Waals surface area contributed by atoms with E-state index in [1.165, 1.54) is 19.2 Å². The van der Waals surface area contributed by atoms with Crippen LogP contribution in [0.1, 0.15) is 22.2 Å². The predicted octanol–water partition coefficient (Wildman–Crippen LogP) is 3.43. The van der Waals surface area contributed by atoms with Gasteiger partial charge in [0.05, 0.1) is 13.2 Å². The van der Waals surface area contributed by atoms with Gasteiger partial charge in [-0.05, 0) is 35.9 Å². The number of hydrogen-bond acceptors (Lipinski definition) is 3. The number of amides is 1. The quantitative estimate of drug-likeness (QED) is 0.721. The molecule has 1 amide bonds. The first kappa shape index (κ1) is 17.0. The third kappa shape index (κ3) is 3.80. The summed E-state index contributed by atoms with van der Waals surface area (Å²) in [7, 11) is 3.12. The van der Waals surface area contributed by atoms with Gasteiger partial charge in [0.15, 0.2) is 0 Å². The summed E-state index contributed by atoms with van der Waals surface area (Å²) in [6.07, 6.45) is -0.427. The van der Waals surface area contributed by atoms with Crippen LogP contribution in [0.25, 0.3) is 10.9 Å². The minimum Gasteiger partial charge on any atom is -0.497 e. The first-order valence-corrected chi connectivity index (χ1v) is 7.84. The predicted molar refractivity (Wildman–Crippen MR) is 93.3 cm³/mol. The Morgan fingerprint density at radius 2 is 2.04 bits per heavy atom. The molecule has 130 valence electrons. The lowest BCUT2D eigenvalue weighted by molar-refractivity contribution is 0.0824. The SMILES string of the molecule is COc1ccc2cc(C(=O)NCC(OC)c3cccc(F)c3)[nH]c2c1. The van der Waals surface area contributed by atoms with Gasteiger partial charge >= 0.3 is 0 Å². The van der Waals surface area contributed by atoms with Gasteiger partial charge in [-0.25, -0.2) is 4.39 Å². The highest BCUT2D eigenvalue weighted by Gasteiger charge is 2.15. The minimum atomic E-state index is -0.427. The average molecular weight is 342 g/mol. The third-order valence-electron chi connectivity index (χ3n) is 4.03. The molecular weight excluding hydrogens is 323 g/mol. The Hall–Kier alpha value is -2.86. The number of ether oxygens (including phenoxy) is 2. The summed E-state index contributed by atoms with van der Waals surface area (Å²) in [5.41, 5.74) is 1.93. The lowest BCUT2D eigenvalue weighted by Gasteiger charge is -2.16. The Labute approximate surface area is 144 Å². The zero-order chi connectivity index (χ0) is 17.8. The van der Waals surface area contributed by atoms with Crippen molar-refractivity contribution in [3.8, 4) is 5.75 Å². The van der Waals surface area contributed by atoms with Crippen molar-refractivity contribution in [2.75, 3.05) is 20.8 Å². The summed E-state index contributed by atoms with van der Waals surface area (Å²) < 4.78 is 23.9. The van der Waals surface area contributed by atoms with E-state index in [2.05, 4.69) is 10.3 Å². The van der Waals surface area contributed by atoms with Crippen LogP contribution in [0.2, 0.25) is 0 Å². The maximum absolute atomic E-state index is 13.3. The Balaban J connectivity index is 1.71. The van der Waals surface area contributed by atoms with Crippen LogP contribution in [0.3, 0.4) is 0 Å². The zero-order valence-corrected chi connectivity index (χ0v) is 14.0. The minimum absolute atomic E-state index is 0.234. The lowest BCUT2D eigenvalue weighted by atomic mass is 10.1. The lowest BCUT2D eigenvalue weighted by Crippen LogP contribution is -2.29. The first-order valence-electron chi connectivity index (χ1n) is 7.84. The van der Waals surface area contributed by atoms with Gasteiger partial charge in [0.25, 0.3) is 5.91 Å². The first-order chi connectivity index (χ1) is 12.1. The molecule has 3 aromatic rings. The molecule has 0 radical (unpaired) electrons. The van der Waals surface area contributed by atoms with E-state index >= 15 is 0 Å². The summed E-state index contributed by atoms with van der Waals surface area (Å²) in [5.74, 6) is 0.121. The van der Waals surface area contributed by atoms with Crippen LogP contribution in [0.5, 0.6) is 5.75 Å². The molecule has 0 saturated carbocycles. The van der Waals surface area contributed by atoms with Gasteiger partial charge < -0.3 is 19.8 Å². The van der Waals surface area contributed by atoms with E-state index in [9.17, 15) is 9.18 Å². The van der Waals surface area contributed by atoms with E-state index in [-0.39, 0.29) is 18.3 Å². The molecule has 5 nitrogen and oxygen atoms in total. The van der Waals surface area contributed by atoms with Crippen LogP contribution in [-0.2, 0) is 4.74 Å². The molecule has 1 unspecified atom stereocenters. The van der Waals surface area contributed by atoms with Gasteiger partial charge in [-0.3, -0.25) is 4.79 Å². The van der Waals surface area contributed by atoms with Crippen molar-refractivity contribution in [2.45, 2.75) is 6.10 Å². The van der Waals surface area contributed by atoms with E-state index in [0.29, 0.717) is 17.0 Å². The van der Waals surface area contributed by atoms with Crippen LogP contribution in [0.15, 0.2) is 48.5 Å². The van der Waals surface area contributed by atoms with E-state index in [1.54, 1.807) is 25.3 Å². The largest absolute Gasteiger partial charge is 0.497 e. The number of fused-ring (bicyclic) bond motifs is 1. The molecule has 25 heavy (non-hydrogen) atoms. The number of aromatic nitrogens is 1. The fraction of sp³-hybridized carbons (Fsp3) is 0.211. The Morgan fingerprint density at radius 3 is 2.76 bits per heavy atom. The average Bonchev–Trinajstić information content (AvgIpc) is 3.05. The normalized spacial score (nSPS) is 12.1. The van der Waals surface area contributed by atoms with Crippen LogP contribution in [-0.4, -0.2) is 31.7 Å². The Bertz CT molecular complexity index is 891. The third-order valence-corrected chi connectivity index (χ3v) is 4.03. The number of carbonyl (C=O) groups excluding carboxylic acids is 1. The molecule has 2 aromatic carbocycles. The van der Waals surface area contributed by atoms with Crippen molar-refractivity contribution in [3.05, 3.63) is 65.6 Å². The molecule has 1 atom stereocenters. The van der Waals surface area contributed by atoms with Crippen molar-refractivity contribution in [1.82, 2.24) is 10.3 Å². The number of benzene rings is 2. The number of nitrogens with one attached hydrogen (secondary N) is 2. The van der Waals surface area contributed by atoms with Crippen LogP contribution in [0, 0.1) is 5.82 Å². The molecule has 0 spiro atoms. The van der Waals surface area contributed by atoms with Crippen LogP contribution < -0.4 is 10.1 Å². The molecule has 1 heterocycles. The van der Waals surface area contributed by atoms with E-state index < -0.39 is 6.10 Å². The van der Waals surface area contributed by atoms with Crippen molar-refractivity contribution in [2.24, 2.45) is 0 Å². The molecule has 0 bridgehead atoms. The molecule has 0 aliphatic heterocycles. The standard InChI is InChI=1S/C19H19FN2O3/c1-24-15-7-6-12-9-17(22-16(12)10-15)19(23)21-11-18(25-2)13-4-3-5-14(20)8-13/h3-10,18,22H,11H2,1-2H3,(H,21,23).